The van der Waals surface area contributed by atoms with E-state index in [1.54, 1.807) is 0 Å². The van der Waals surface area contributed by atoms with Crippen molar-refractivity contribution in [3.8, 4) is 0 Å². The van der Waals surface area contributed by atoms with Gasteiger partial charge in [-0.3, -0.25) is 4.68 Å². The maximum atomic E-state index is 5.58. The second kappa shape index (κ2) is 9.57. The quantitative estimate of drug-likeness (QED) is 0.533. The third kappa shape index (κ3) is 4.77. The van der Waals surface area contributed by atoms with Gasteiger partial charge in [0.2, 0.25) is 5.95 Å². The molecule has 0 spiro atoms. The van der Waals surface area contributed by atoms with Gasteiger partial charge in [-0.1, -0.05) is 13.0 Å². The lowest BCUT2D eigenvalue weighted by Gasteiger charge is -2.32. The van der Waals surface area contributed by atoms with Crippen LogP contribution in [0.25, 0.3) is 11.0 Å². The number of nitrogens with zero attached hydrogens (tertiary/aromatic N) is 6. The number of hydrogen-bond acceptors (Lipinski definition) is 8. The van der Waals surface area contributed by atoms with E-state index in [0.29, 0.717) is 25.8 Å². The smallest absolute Gasteiger partial charge is 0.228 e. The zero-order chi connectivity index (χ0) is 21.8. The van der Waals surface area contributed by atoms with Gasteiger partial charge in [0.15, 0.2) is 5.82 Å². The Kier molecular flexibility index (Phi) is 6.62. The number of nitrogens with one attached hydrogen (secondary N) is 2. The van der Waals surface area contributed by atoms with Crippen LogP contribution >= 0.6 is 0 Å². The summed E-state index contributed by atoms with van der Waals surface area (Å²) >= 11 is 0. The summed E-state index contributed by atoms with van der Waals surface area (Å²) in [7, 11) is 0. The Labute approximate surface area is 183 Å². The zero-order valence-electron chi connectivity index (χ0n) is 18.9. The summed E-state index contributed by atoms with van der Waals surface area (Å²) in [5.74, 6) is 2.21. The van der Waals surface area contributed by atoms with Crippen LogP contribution in [0.15, 0.2) is 18.3 Å². The number of rotatable bonds is 8. The highest BCUT2D eigenvalue weighted by Crippen LogP contribution is 2.29. The van der Waals surface area contributed by atoms with Crippen LogP contribution in [-0.2, 0) is 17.7 Å². The van der Waals surface area contributed by atoms with Gasteiger partial charge in [0, 0.05) is 38.5 Å². The molecule has 0 bridgehead atoms. The van der Waals surface area contributed by atoms with Gasteiger partial charge in [-0.05, 0) is 38.8 Å². The minimum Gasteiger partial charge on any atom is -0.380 e. The monoisotopic (exact) mass is 424 g/mol. The molecule has 0 amide bonds. The molecular weight excluding hydrogens is 392 g/mol. The predicted octanol–water partition coefficient (Wildman–Crippen LogP) is 2.67. The van der Waals surface area contributed by atoms with Gasteiger partial charge in [0.25, 0.3) is 0 Å². The highest BCUT2D eigenvalue weighted by atomic mass is 16.5. The van der Waals surface area contributed by atoms with Crippen molar-refractivity contribution in [1.82, 2.24) is 30.0 Å². The number of anilines is 3. The van der Waals surface area contributed by atoms with Crippen molar-refractivity contribution < 1.29 is 4.74 Å². The molecule has 1 aliphatic heterocycles. The number of aryl methyl sites for hydroxylation is 2. The van der Waals surface area contributed by atoms with Crippen molar-refractivity contribution in [2.75, 3.05) is 43.1 Å². The van der Waals surface area contributed by atoms with Gasteiger partial charge in [-0.25, -0.2) is 9.97 Å². The molecular formula is C22H32N8O. The Hall–Kier alpha value is -2.78. The fourth-order valence-electron chi connectivity index (χ4n) is 3.83. The molecule has 31 heavy (non-hydrogen) atoms. The molecule has 4 rings (SSSR count). The van der Waals surface area contributed by atoms with E-state index in [0.717, 1.165) is 65.9 Å². The Morgan fingerprint density at radius 2 is 2.13 bits per heavy atom. The summed E-state index contributed by atoms with van der Waals surface area (Å²) in [5.41, 5.74) is 3.87. The topological polar surface area (TPSA) is 93.0 Å². The largest absolute Gasteiger partial charge is 0.380 e. The number of aromatic nitrogens is 5. The van der Waals surface area contributed by atoms with Gasteiger partial charge in [0.05, 0.1) is 18.8 Å². The summed E-state index contributed by atoms with van der Waals surface area (Å²) < 4.78 is 7.54. The van der Waals surface area contributed by atoms with Crippen LogP contribution in [0, 0.1) is 6.92 Å². The first-order valence-corrected chi connectivity index (χ1v) is 11.1. The number of piperazine rings is 1. The van der Waals surface area contributed by atoms with Gasteiger partial charge in [0.1, 0.15) is 16.9 Å². The summed E-state index contributed by atoms with van der Waals surface area (Å²) in [5, 5.41) is 11.7. The first-order chi connectivity index (χ1) is 15.1. The third-order valence-electron chi connectivity index (χ3n) is 5.44. The molecule has 1 saturated heterocycles. The van der Waals surface area contributed by atoms with Crippen molar-refractivity contribution in [2.24, 2.45) is 0 Å². The molecule has 0 radical (unpaired) electrons. The first kappa shape index (κ1) is 21.5. The number of ether oxygens (including phenoxy) is 1. The van der Waals surface area contributed by atoms with Gasteiger partial charge >= 0.3 is 0 Å². The molecule has 4 heterocycles. The molecule has 0 aliphatic carbocycles. The van der Waals surface area contributed by atoms with E-state index in [-0.39, 0.29) is 0 Å². The lowest BCUT2D eigenvalue weighted by Crippen LogP contribution is -2.49. The van der Waals surface area contributed by atoms with Crippen LogP contribution in [0.5, 0.6) is 0 Å². The molecule has 0 aromatic carbocycles. The van der Waals surface area contributed by atoms with E-state index in [4.69, 9.17) is 19.8 Å². The number of pyridine rings is 1. The van der Waals surface area contributed by atoms with Crippen LogP contribution in [0.4, 0.5) is 17.6 Å². The molecule has 9 heteroatoms. The lowest BCUT2D eigenvalue weighted by molar-refractivity contribution is 0.137. The van der Waals surface area contributed by atoms with Crippen LogP contribution in [0.3, 0.4) is 0 Å². The van der Waals surface area contributed by atoms with Crippen LogP contribution in [0.2, 0.25) is 0 Å². The maximum Gasteiger partial charge on any atom is 0.228 e. The minimum absolute atomic E-state index is 0.391. The second-order valence-corrected chi connectivity index (χ2v) is 7.94. The second-order valence-electron chi connectivity index (χ2n) is 7.94. The number of fused-ring (bicyclic) bond motifs is 1. The minimum atomic E-state index is 0.391. The highest BCUT2D eigenvalue weighted by molar-refractivity contribution is 5.90. The van der Waals surface area contributed by atoms with E-state index < -0.39 is 0 Å². The van der Waals surface area contributed by atoms with Crippen LogP contribution < -0.4 is 15.5 Å². The molecule has 0 unspecified atom stereocenters. The Morgan fingerprint density at radius 1 is 1.26 bits per heavy atom. The number of hydrogen-bond donors (Lipinski definition) is 2. The predicted molar refractivity (Wildman–Crippen MR) is 123 cm³/mol. The highest BCUT2D eigenvalue weighted by Gasteiger charge is 2.23. The normalized spacial score (nSPS) is 16.8. The van der Waals surface area contributed by atoms with Crippen molar-refractivity contribution >= 4 is 28.6 Å². The molecule has 1 atom stereocenters. The van der Waals surface area contributed by atoms with E-state index in [1.165, 1.54) is 0 Å². The molecule has 9 nitrogen and oxygen atoms in total. The fourth-order valence-corrected chi connectivity index (χ4v) is 3.83. The van der Waals surface area contributed by atoms with E-state index >= 15 is 0 Å². The van der Waals surface area contributed by atoms with Gasteiger partial charge in [-0.2, -0.15) is 10.1 Å². The molecule has 2 N–H and O–H groups in total. The zero-order valence-corrected chi connectivity index (χ0v) is 18.9. The van der Waals surface area contributed by atoms with E-state index in [9.17, 15) is 0 Å². The summed E-state index contributed by atoms with van der Waals surface area (Å²) in [6.07, 6.45) is 2.65. The molecule has 3 aromatic rings. The molecule has 166 valence electrons. The average molecular weight is 425 g/mol. The van der Waals surface area contributed by atoms with E-state index in [2.05, 4.69) is 34.4 Å². The van der Waals surface area contributed by atoms with Crippen LogP contribution in [0.1, 0.15) is 32.0 Å². The van der Waals surface area contributed by atoms with Gasteiger partial charge < -0.3 is 20.3 Å². The molecule has 0 saturated carbocycles. The van der Waals surface area contributed by atoms with Crippen molar-refractivity contribution in [3.63, 3.8) is 0 Å². The average Bonchev–Trinajstić information content (AvgIpc) is 3.13. The molecule has 1 fully saturated rings. The standard InChI is InChI=1S/C22H32N8O/c1-5-17-19-20(30(28-17)11-12-31-6-2)21(25-18-8-7-15(3)13-24-18)27-22(26-19)29-10-9-23-16(4)14-29/h7-8,13,16,23H,5-6,9-12,14H2,1-4H3,(H,24,25,26,27)/t16-/m1/s1. The SMILES string of the molecule is CCOCCn1nc(CC)c2nc(N3CCN[C@H](C)C3)nc(Nc3ccc(C)cn3)c21. The Bertz CT molecular complexity index is 1020. The maximum absolute atomic E-state index is 5.58. The summed E-state index contributed by atoms with van der Waals surface area (Å²) in [6.45, 7) is 12.9. The van der Waals surface area contributed by atoms with Crippen molar-refractivity contribution in [1.29, 1.82) is 0 Å². The fraction of sp³-hybridized carbons (Fsp3) is 0.545. The molecule has 1 aliphatic rings. The lowest BCUT2D eigenvalue weighted by atomic mass is 10.2. The van der Waals surface area contributed by atoms with Gasteiger partial charge in [-0.15, -0.1) is 0 Å². The Morgan fingerprint density at radius 3 is 2.84 bits per heavy atom. The summed E-state index contributed by atoms with van der Waals surface area (Å²) in [6, 6.07) is 4.40. The molecule has 3 aromatic heterocycles. The third-order valence-corrected chi connectivity index (χ3v) is 5.44. The van der Waals surface area contributed by atoms with Crippen molar-refractivity contribution in [3.05, 3.63) is 29.6 Å². The van der Waals surface area contributed by atoms with E-state index in [1.807, 2.05) is 36.9 Å². The Balaban J connectivity index is 1.80. The summed E-state index contributed by atoms with van der Waals surface area (Å²) in [4.78, 5) is 16.7. The first-order valence-electron chi connectivity index (χ1n) is 11.1. The van der Waals surface area contributed by atoms with Crippen LogP contribution in [-0.4, -0.2) is 63.6 Å². The van der Waals surface area contributed by atoms with Crippen molar-refractivity contribution in [2.45, 2.75) is 46.7 Å².